The van der Waals surface area contributed by atoms with Crippen LogP contribution in [0, 0.1) is 0 Å². The van der Waals surface area contributed by atoms with E-state index in [1.807, 2.05) is 18.2 Å². The van der Waals surface area contributed by atoms with E-state index in [0.29, 0.717) is 0 Å². The van der Waals surface area contributed by atoms with Gasteiger partial charge in [0.2, 0.25) is 5.96 Å². The summed E-state index contributed by atoms with van der Waals surface area (Å²) in [6.07, 6.45) is 4.14. The van der Waals surface area contributed by atoms with Crippen LogP contribution in [0.15, 0.2) is 47.7 Å². The number of rotatable bonds is 1. The van der Waals surface area contributed by atoms with Crippen LogP contribution in [0.25, 0.3) is 0 Å². The molecule has 0 aromatic heterocycles. The van der Waals surface area contributed by atoms with E-state index in [1.54, 1.807) is 0 Å². The van der Waals surface area contributed by atoms with Crippen molar-refractivity contribution < 1.29 is 0 Å². The van der Waals surface area contributed by atoms with Crippen molar-refractivity contribution in [1.29, 1.82) is 0 Å². The highest BCUT2D eigenvalue weighted by atomic mass is 15.4. The summed E-state index contributed by atoms with van der Waals surface area (Å²) in [7, 11) is 0. The fraction of sp³-hybridized carbons (Fsp3) is 0.182. The molecule has 1 aromatic rings. The summed E-state index contributed by atoms with van der Waals surface area (Å²) < 4.78 is 0. The van der Waals surface area contributed by atoms with Crippen LogP contribution in [0.4, 0.5) is 5.69 Å². The Morgan fingerprint density at radius 3 is 2.79 bits per heavy atom. The summed E-state index contributed by atoms with van der Waals surface area (Å²) in [5, 5.41) is 0. The van der Waals surface area contributed by atoms with Gasteiger partial charge in [-0.1, -0.05) is 18.2 Å². The number of hydrogen-bond donors (Lipinski definition) is 0. The Morgan fingerprint density at radius 1 is 1.07 bits per heavy atom. The van der Waals surface area contributed by atoms with Crippen LogP contribution in [-0.4, -0.2) is 23.9 Å². The number of hydrogen-bond acceptors (Lipinski definition) is 3. The molecular weight excluding hydrogens is 174 g/mol. The summed E-state index contributed by atoms with van der Waals surface area (Å²) in [6, 6.07) is 10.3. The van der Waals surface area contributed by atoms with Gasteiger partial charge in [-0.2, -0.15) is 0 Å². The third kappa shape index (κ3) is 1.02. The van der Waals surface area contributed by atoms with Crippen molar-refractivity contribution in [2.45, 2.75) is 0 Å². The molecule has 0 bridgehead atoms. The van der Waals surface area contributed by atoms with Gasteiger partial charge < -0.3 is 4.90 Å². The zero-order valence-corrected chi connectivity index (χ0v) is 7.80. The van der Waals surface area contributed by atoms with Crippen molar-refractivity contribution >= 4 is 11.6 Å². The second-order valence-electron chi connectivity index (χ2n) is 3.38. The molecule has 0 amide bonds. The number of aliphatic imine (C=N–C) groups is 1. The fourth-order valence-electron chi connectivity index (χ4n) is 1.81. The average molecular weight is 185 g/mol. The molecular formula is C11H11N3. The Balaban J connectivity index is 1.97. The average Bonchev–Trinajstić information content (AvgIpc) is 2.79. The first kappa shape index (κ1) is 7.62. The van der Waals surface area contributed by atoms with Crippen LogP contribution in [0.5, 0.6) is 0 Å². The lowest BCUT2D eigenvalue weighted by molar-refractivity contribution is 0.619. The predicted molar refractivity (Wildman–Crippen MR) is 57.1 cm³/mol. The van der Waals surface area contributed by atoms with E-state index in [0.717, 1.165) is 19.0 Å². The third-order valence-corrected chi connectivity index (χ3v) is 2.50. The minimum Gasteiger partial charge on any atom is -0.315 e. The van der Waals surface area contributed by atoms with Gasteiger partial charge in [0.15, 0.2) is 0 Å². The molecule has 0 aliphatic carbocycles. The number of anilines is 1. The molecule has 14 heavy (non-hydrogen) atoms. The zero-order chi connectivity index (χ0) is 9.38. The molecule has 2 aliphatic rings. The van der Waals surface area contributed by atoms with Crippen LogP contribution in [-0.2, 0) is 0 Å². The largest absolute Gasteiger partial charge is 0.315 e. The van der Waals surface area contributed by atoms with Gasteiger partial charge in [-0.3, -0.25) is 9.89 Å². The second kappa shape index (κ2) is 2.87. The lowest BCUT2D eigenvalue weighted by Gasteiger charge is -2.18. The number of nitrogens with zero attached hydrogens (tertiary/aromatic N) is 3. The molecule has 3 rings (SSSR count). The molecule has 2 heterocycles. The summed E-state index contributed by atoms with van der Waals surface area (Å²) in [6.45, 7) is 1.91. The van der Waals surface area contributed by atoms with Crippen LogP contribution < -0.4 is 4.90 Å². The Labute approximate surface area is 83.0 Å². The van der Waals surface area contributed by atoms with Crippen molar-refractivity contribution in [2.75, 3.05) is 18.0 Å². The molecule has 3 heteroatoms. The third-order valence-electron chi connectivity index (χ3n) is 2.50. The highest BCUT2D eigenvalue weighted by molar-refractivity contribution is 6.01. The standard InChI is InChI=1S/C11H11N3/c1-2-4-10(5-3-1)14-9-8-13-7-6-12-11(13)14/h1-5,8-9H,6-7H2. The van der Waals surface area contributed by atoms with E-state index in [4.69, 9.17) is 0 Å². The molecule has 70 valence electrons. The van der Waals surface area contributed by atoms with Gasteiger partial charge in [0.05, 0.1) is 6.54 Å². The van der Waals surface area contributed by atoms with Crippen LogP contribution in [0.2, 0.25) is 0 Å². The minimum absolute atomic E-state index is 0.906. The van der Waals surface area contributed by atoms with E-state index < -0.39 is 0 Å². The number of benzene rings is 1. The van der Waals surface area contributed by atoms with Crippen LogP contribution in [0.1, 0.15) is 0 Å². The van der Waals surface area contributed by atoms with Gasteiger partial charge in [0.25, 0.3) is 0 Å². The number of para-hydroxylation sites is 1. The summed E-state index contributed by atoms with van der Waals surface area (Å²) in [5.74, 6) is 1.05. The molecule has 3 nitrogen and oxygen atoms in total. The van der Waals surface area contributed by atoms with Crippen LogP contribution in [0.3, 0.4) is 0 Å². The molecule has 0 radical (unpaired) electrons. The van der Waals surface area contributed by atoms with Gasteiger partial charge in [-0.15, -0.1) is 0 Å². The van der Waals surface area contributed by atoms with Gasteiger partial charge >= 0.3 is 0 Å². The summed E-state index contributed by atoms with van der Waals surface area (Å²) in [5.41, 5.74) is 1.17. The van der Waals surface area contributed by atoms with E-state index in [2.05, 4.69) is 39.3 Å². The van der Waals surface area contributed by atoms with Crippen molar-refractivity contribution in [1.82, 2.24) is 4.90 Å². The van der Waals surface area contributed by atoms with Crippen molar-refractivity contribution in [3.63, 3.8) is 0 Å². The van der Waals surface area contributed by atoms with E-state index >= 15 is 0 Å². The highest BCUT2D eigenvalue weighted by Crippen LogP contribution is 2.22. The highest BCUT2D eigenvalue weighted by Gasteiger charge is 2.25. The molecule has 0 saturated heterocycles. The topological polar surface area (TPSA) is 18.8 Å². The Kier molecular flexibility index (Phi) is 1.56. The van der Waals surface area contributed by atoms with Crippen LogP contribution >= 0.6 is 0 Å². The Hall–Kier alpha value is -1.77. The molecule has 1 aromatic carbocycles. The maximum absolute atomic E-state index is 4.46. The fourth-order valence-corrected chi connectivity index (χ4v) is 1.81. The summed E-state index contributed by atoms with van der Waals surface area (Å²) >= 11 is 0. The molecule has 0 unspecified atom stereocenters. The molecule has 0 fully saturated rings. The van der Waals surface area contributed by atoms with Gasteiger partial charge in [-0.25, -0.2) is 0 Å². The predicted octanol–water partition coefficient (Wildman–Crippen LogP) is 1.65. The quantitative estimate of drug-likeness (QED) is 0.662. The summed E-state index contributed by atoms with van der Waals surface area (Å²) in [4.78, 5) is 8.75. The molecule has 2 aliphatic heterocycles. The van der Waals surface area contributed by atoms with Gasteiger partial charge in [-0.05, 0) is 12.1 Å². The van der Waals surface area contributed by atoms with E-state index in [9.17, 15) is 0 Å². The minimum atomic E-state index is 0.906. The second-order valence-corrected chi connectivity index (χ2v) is 3.38. The Morgan fingerprint density at radius 2 is 1.93 bits per heavy atom. The van der Waals surface area contributed by atoms with Gasteiger partial charge in [0, 0.05) is 24.6 Å². The normalized spacial score (nSPS) is 18.7. The maximum Gasteiger partial charge on any atom is 0.209 e. The molecule has 0 saturated carbocycles. The lowest BCUT2D eigenvalue weighted by Crippen LogP contribution is -2.29. The molecule has 0 atom stereocenters. The zero-order valence-electron chi connectivity index (χ0n) is 7.80. The van der Waals surface area contributed by atoms with E-state index in [-0.39, 0.29) is 0 Å². The number of guanidine groups is 1. The SMILES string of the molecule is C1=CN(c2ccccc2)C2=NCCN12. The maximum atomic E-state index is 4.46. The molecule has 0 N–H and O–H groups in total. The lowest BCUT2D eigenvalue weighted by atomic mass is 10.3. The first-order chi connectivity index (χ1) is 6.95. The van der Waals surface area contributed by atoms with E-state index in [1.165, 1.54) is 5.69 Å². The van der Waals surface area contributed by atoms with Crippen molar-refractivity contribution in [2.24, 2.45) is 4.99 Å². The van der Waals surface area contributed by atoms with Crippen molar-refractivity contribution in [3.8, 4) is 0 Å². The number of fused-ring (bicyclic) bond motifs is 1. The first-order valence-electron chi connectivity index (χ1n) is 4.79. The Bertz CT molecular complexity index is 394. The van der Waals surface area contributed by atoms with Crippen molar-refractivity contribution in [3.05, 3.63) is 42.7 Å². The van der Waals surface area contributed by atoms with Gasteiger partial charge in [0.1, 0.15) is 0 Å². The monoisotopic (exact) mass is 185 g/mol. The molecule has 0 spiro atoms. The first-order valence-corrected chi connectivity index (χ1v) is 4.79. The smallest absolute Gasteiger partial charge is 0.209 e.